The van der Waals surface area contributed by atoms with Gasteiger partial charge in [0.1, 0.15) is 41.7 Å². The van der Waals surface area contributed by atoms with Gasteiger partial charge in [0.25, 0.3) is 0 Å². The quantitative estimate of drug-likeness (QED) is 0.0387. The zero-order chi connectivity index (χ0) is 42.7. The van der Waals surface area contributed by atoms with Crippen LogP contribution in [0.5, 0.6) is 11.5 Å². The average Bonchev–Trinajstić information content (AvgIpc) is 3.24. The first kappa shape index (κ1) is 50.6. The van der Waals surface area contributed by atoms with E-state index >= 15 is 0 Å². The lowest BCUT2D eigenvalue weighted by atomic mass is 9.98. The molecule has 8 atom stereocenters. The fourth-order valence-electron chi connectivity index (χ4n) is 7.55. The summed E-state index contributed by atoms with van der Waals surface area (Å²) in [6.45, 7) is 1.12. The van der Waals surface area contributed by atoms with E-state index in [9.17, 15) is 39.1 Å². The Morgan fingerprint density at radius 1 is 0.729 bits per heavy atom. The van der Waals surface area contributed by atoms with Crippen LogP contribution >= 0.6 is 0 Å². The van der Waals surface area contributed by atoms with Crippen LogP contribution in [0, 0.1) is 5.82 Å². The van der Waals surface area contributed by atoms with Gasteiger partial charge in [-0.1, -0.05) is 135 Å². The Kier molecular flexibility index (Phi) is 26.0. The van der Waals surface area contributed by atoms with Crippen molar-refractivity contribution in [3.63, 3.8) is 0 Å². The molecule has 2 aromatic carbocycles. The summed E-state index contributed by atoms with van der Waals surface area (Å²) in [5, 5.41) is 54.8. The van der Waals surface area contributed by atoms with Gasteiger partial charge in [-0.25, -0.2) is 8.78 Å². The third-order valence-electron chi connectivity index (χ3n) is 11.3. The van der Waals surface area contributed by atoms with Crippen molar-refractivity contribution in [2.45, 2.75) is 204 Å². The van der Waals surface area contributed by atoms with Crippen molar-refractivity contribution in [3.8, 4) is 11.5 Å². The Labute approximate surface area is 352 Å². The highest BCUT2D eigenvalue weighted by molar-refractivity contribution is 5.76. The molecule has 0 saturated carbocycles. The summed E-state index contributed by atoms with van der Waals surface area (Å²) in [7, 11) is 0. The molecular weight excluding hydrogens is 761 g/mol. The van der Waals surface area contributed by atoms with Gasteiger partial charge in [0, 0.05) is 6.42 Å². The lowest BCUT2D eigenvalue weighted by Crippen LogP contribution is -2.59. The number of alkyl halides is 1. The molecule has 3 rings (SSSR count). The fourth-order valence-corrected chi connectivity index (χ4v) is 7.55. The first-order chi connectivity index (χ1) is 28.6. The van der Waals surface area contributed by atoms with Gasteiger partial charge in [-0.05, 0) is 67.6 Å². The summed E-state index contributed by atoms with van der Waals surface area (Å²) in [5.41, 5.74) is 1.24. The fraction of sp³-hybridized carbons (Fsp3) is 0.723. The van der Waals surface area contributed by atoms with Crippen molar-refractivity contribution in [2.75, 3.05) is 13.2 Å². The molecule has 10 nitrogen and oxygen atoms in total. The molecule has 0 spiro atoms. The number of hydrogen-bond acceptors (Lipinski definition) is 9. The van der Waals surface area contributed by atoms with Crippen molar-refractivity contribution in [3.05, 3.63) is 59.9 Å². The van der Waals surface area contributed by atoms with Gasteiger partial charge >= 0.3 is 0 Å². The van der Waals surface area contributed by atoms with E-state index < -0.39 is 55.6 Å². The third kappa shape index (κ3) is 20.6. The summed E-state index contributed by atoms with van der Waals surface area (Å²) in [6, 6.07) is 12.9. The molecule has 1 amide bonds. The number of ether oxygens (including phenoxy) is 3. The van der Waals surface area contributed by atoms with Crippen molar-refractivity contribution in [2.24, 2.45) is 0 Å². The topological polar surface area (TPSA) is 158 Å². The number of unbranched alkanes of at least 4 members (excludes halogenated alkanes) is 18. The molecule has 1 aliphatic heterocycles. The second-order valence-corrected chi connectivity index (χ2v) is 16.4. The highest BCUT2D eigenvalue weighted by Gasteiger charge is 2.45. The molecule has 1 aliphatic rings. The van der Waals surface area contributed by atoms with Gasteiger partial charge in [-0.2, -0.15) is 0 Å². The summed E-state index contributed by atoms with van der Waals surface area (Å²) >= 11 is 0. The van der Waals surface area contributed by atoms with Crippen molar-refractivity contribution in [1.29, 1.82) is 0 Å². The summed E-state index contributed by atoms with van der Waals surface area (Å²) < 4.78 is 44.1. The Balaban J connectivity index is 1.32. The van der Waals surface area contributed by atoms with E-state index in [2.05, 4.69) is 24.4 Å². The molecule has 1 saturated heterocycles. The third-order valence-corrected chi connectivity index (χ3v) is 11.3. The first-order valence-corrected chi connectivity index (χ1v) is 22.7. The second-order valence-electron chi connectivity index (χ2n) is 16.4. The molecule has 12 heteroatoms. The zero-order valence-corrected chi connectivity index (χ0v) is 35.5. The minimum atomic E-state index is -2.01. The molecule has 0 aromatic heterocycles. The minimum Gasteiger partial charge on any atom is -0.457 e. The number of aliphatic hydroxyl groups excluding tert-OH is 5. The molecule has 0 aliphatic carbocycles. The van der Waals surface area contributed by atoms with Crippen molar-refractivity contribution < 1.29 is 53.3 Å². The molecule has 1 fully saturated rings. The standard InChI is InChI=1S/C47H75F2NO9/c1-2-3-4-5-6-7-8-9-10-14-17-20-23-40(52)44(54)39(34-57-47-46(56)45(55)43(49)41(33-51)59-47)50-42(53)24-21-18-15-12-11-13-16-19-22-35-25-29-37(30-26-35)58-38-31-27-36(48)28-32-38/h25-32,39-41,43-47,51-52,54-56H,2-24,33-34H2,1H3,(H,50,53)/t39-,40+,41?,43+,44-,45-,46?,47-/m0/s1. The maximum Gasteiger partial charge on any atom is 0.220 e. The van der Waals surface area contributed by atoms with Gasteiger partial charge in [-0.15, -0.1) is 0 Å². The van der Waals surface area contributed by atoms with Crippen LogP contribution in [0.1, 0.15) is 154 Å². The number of amides is 1. The van der Waals surface area contributed by atoms with Crippen molar-refractivity contribution >= 4 is 5.91 Å². The smallest absolute Gasteiger partial charge is 0.220 e. The number of carbonyl (C=O) groups excluding carboxylic acids is 1. The summed E-state index contributed by atoms with van der Waals surface area (Å²) in [6.07, 6.45) is 12.7. The predicted octanol–water partition coefficient (Wildman–Crippen LogP) is 8.76. The van der Waals surface area contributed by atoms with Crippen LogP contribution in [-0.4, -0.2) is 93.7 Å². The van der Waals surface area contributed by atoms with Crippen LogP contribution in [0.4, 0.5) is 8.78 Å². The maximum atomic E-state index is 14.3. The number of rotatable bonds is 33. The Bertz CT molecular complexity index is 1350. The molecule has 0 bridgehead atoms. The van der Waals surface area contributed by atoms with Gasteiger partial charge in [-0.3, -0.25) is 4.79 Å². The van der Waals surface area contributed by atoms with Crippen LogP contribution < -0.4 is 10.1 Å². The number of aliphatic hydroxyl groups is 5. The summed E-state index contributed by atoms with van der Waals surface area (Å²) in [5.74, 6) is 0.699. The lowest BCUT2D eigenvalue weighted by Gasteiger charge is -2.39. The van der Waals surface area contributed by atoms with E-state index in [0.717, 1.165) is 70.6 Å². The van der Waals surface area contributed by atoms with Crippen LogP contribution in [-0.2, 0) is 20.7 Å². The van der Waals surface area contributed by atoms with Crippen LogP contribution in [0.2, 0.25) is 0 Å². The van der Waals surface area contributed by atoms with E-state index in [1.165, 1.54) is 69.1 Å². The van der Waals surface area contributed by atoms with E-state index in [1.54, 1.807) is 12.1 Å². The average molecular weight is 836 g/mol. The van der Waals surface area contributed by atoms with Crippen LogP contribution in [0.15, 0.2) is 48.5 Å². The van der Waals surface area contributed by atoms with Gasteiger partial charge < -0.3 is 45.1 Å². The van der Waals surface area contributed by atoms with Crippen LogP contribution in [0.25, 0.3) is 0 Å². The van der Waals surface area contributed by atoms with E-state index in [0.29, 0.717) is 30.8 Å². The largest absolute Gasteiger partial charge is 0.457 e. The Morgan fingerprint density at radius 3 is 1.80 bits per heavy atom. The highest BCUT2D eigenvalue weighted by Crippen LogP contribution is 2.26. The zero-order valence-electron chi connectivity index (χ0n) is 35.5. The monoisotopic (exact) mass is 836 g/mol. The van der Waals surface area contributed by atoms with E-state index in [4.69, 9.17) is 14.2 Å². The number of aryl methyl sites for hydroxylation is 1. The van der Waals surface area contributed by atoms with Crippen molar-refractivity contribution in [1.82, 2.24) is 5.32 Å². The predicted molar refractivity (Wildman–Crippen MR) is 226 cm³/mol. The molecule has 6 N–H and O–H groups in total. The lowest BCUT2D eigenvalue weighted by molar-refractivity contribution is -0.293. The first-order valence-electron chi connectivity index (χ1n) is 22.7. The van der Waals surface area contributed by atoms with Crippen LogP contribution in [0.3, 0.4) is 0 Å². The SMILES string of the molecule is CCCCCCCCCCCCCC[C@@H](O)[C@@H](O)[C@H](CO[C@H]1OC(CO)[C@@H](F)[C@H](O)C1O)NC(=O)CCCCCCCCCCc1ccc(Oc2ccc(F)cc2)cc1. The number of carbonyl (C=O) groups is 1. The van der Waals surface area contributed by atoms with Gasteiger partial charge in [0.05, 0.1) is 25.4 Å². The van der Waals surface area contributed by atoms with E-state index in [-0.39, 0.29) is 24.8 Å². The Hall–Kier alpha value is -2.71. The summed E-state index contributed by atoms with van der Waals surface area (Å²) in [4.78, 5) is 13.0. The molecule has 336 valence electrons. The minimum absolute atomic E-state index is 0.225. The molecule has 2 aromatic rings. The molecular formula is C47H75F2NO9. The van der Waals surface area contributed by atoms with Gasteiger partial charge in [0.15, 0.2) is 12.5 Å². The number of nitrogens with one attached hydrogen (secondary N) is 1. The highest BCUT2D eigenvalue weighted by atomic mass is 19.1. The molecule has 2 unspecified atom stereocenters. The van der Waals surface area contributed by atoms with E-state index in [1.807, 2.05) is 12.1 Å². The number of halogens is 2. The number of hydrogen-bond donors (Lipinski definition) is 6. The molecule has 59 heavy (non-hydrogen) atoms. The Morgan fingerprint density at radius 2 is 1.24 bits per heavy atom. The second kappa shape index (κ2) is 30.3. The number of benzene rings is 2. The molecule has 0 radical (unpaired) electrons. The normalized spacial score (nSPS) is 20.9. The van der Waals surface area contributed by atoms with Gasteiger partial charge in [0.2, 0.25) is 5.91 Å². The maximum absolute atomic E-state index is 14.3. The molecule has 1 heterocycles.